The number of hydrogen-bond acceptors (Lipinski definition) is 10. The van der Waals surface area contributed by atoms with Gasteiger partial charge in [-0.2, -0.15) is 0 Å². The van der Waals surface area contributed by atoms with E-state index in [9.17, 15) is 0 Å². The summed E-state index contributed by atoms with van der Waals surface area (Å²) in [4.78, 5) is 1.40. The summed E-state index contributed by atoms with van der Waals surface area (Å²) in [7, 11) is 0. The molecule has 0 radical (unpaired) electrons. The molecule has 10 rings (SSSR count). The Labute approximate surface area is 441 Å². The van der Waals surface area contributed by atoms with Crippen LogP contribution in [0.4, 0.5) is 0 Å². The fourth-order valence-corrected chi connectivity index (χ4v) is 20.2. The number of hydrogen-bond donors (Lipinski definition) is 0. The van der Waals surface area contributed by atoms with Crippen LogP contribution in [0.1, 0.15) is 96.4 Å². The van der Waals surface area contributed by atoms with E-state index in [4.69, 9.17) is 0 Å². The largest absolute Gasteiger partial charge is 0.133 e. The van der Waals surface area contributed by atoms with Crippen molar-refractivity contribution >= 4 is 240 Å². The predicted octanol–water partition coefficient (Wildman–Crippen LogP) is 25.3. The number of rotatable bonds is 0. The fraction of sp³-hybridized carbons (Fsp3) is 0.333. The summed E-state index contributed by atoms with van der Waals surface area (Å²) in [6.07, 6.45) is 0. The second kappa shape index (κ2) is 31.6. The Morgan fingerprint density at radius 3 is 1.42 bits per heavy atom. The molecule has 330 valence electrons. The summed E-state index contributed by atoms with van der Waals surface area (Å²) in [5, 5.41) is 15.7. The molecule has 0 aliphatic rings. The van der Waals surface area contributed by atoms with Gasteiger partial charge < -0.3 is 0 Å². The van der Waals surface area contributed by atoms with E-state index in [2.05, 4.69) is 172 Å². The van der Waals surface area contributed by atoms with Crippen molar-refractivity contribution < 1.29 is 0 Å². The van der Waals surface area contributed by atoms with Gasteiger partial charge >= 0.3 is 0 Å². The van der Waals surface area contributed by atoms with Crippen LogP contribution < -0.4 is 0 Å². The Hall–Kier alpha value is 0.700. The van der Waals surface area contributed by atoms with Crippen molar-refractivity contribution in [2.75, 3.05) is 0 Å². The van der Waals surface area contributed by atoms with E-state index < -0.39 is 0 Å². The lowest BCUT2D eigenvalue weighted by molar-refractivity contribution is 1.50. The lowest BCUT2D eigenvalue weighted by Gasteiger charge is -1.87. The van der Waals surface area contributed by atoms with Crippen LogP contribution in [-0.4, -0.2) is 0 Å². The number of halogens is 5. The first kappa shape index (κ1) is 58.7. The molecule has 60 heavy (non-hydrogen) atoms. The minimum absolute atomic E-state index is 1.23. The molecular weight excluding hydrogens is 1260 g/mol. The molecule has 0 amide bonds. The third-order valence-electron chi connectivity index (χ3n) is 7.16. The van der Waals surface area contributed by atoms with E-state index >= 15 is 0 Å². The van der Waals surface area contributed by atoms with Crippen molar-refractivity contribution in [3.63, 3.8) is 0 Å². The zero-order valence-corrected chi connectivity index (χ0v) is 52.8. The van der Waals surface area contributed by atoms with Crippen LogP contribution in [-0.2, 0) is 0 Å². The Kier molecular flexibility index (Phi) is 30.9. The van der Waals surface area contributed by atoms with Crippen LogP contribution in [0, 0.1) is 34.6 Å². The lowest BCUT2D eigenvalue weighted by Crippen LogP contribution is -1.67. The zero-order valence-electron chi connectivity index (χ0n) is 36.7. The normalized spacial score (nSPS) is 9.67. The van der Waals surface area contributed by atoms with Gasteiger partial charge in [0.2, 0.25) is 0 Å². The molecule has 0 spiro atoms. The smallest absolute Gasteiger partial charge is 0.0882 e. The van der Waals surface area contributed by atoms with Crippen LogP contribution >= 0.6 is 193 Å². The summed E-state index contributed by atoms with van der Waals surface area (Å²) >= 11 is 35.6. The Morgan fingerprint density at radius 1 is 0.383 bits per heavy atom. The Bertz CT molecular complexity index is 2550. The maximum atomic E-state index is 3.55. The van der Waals surface area contributed by atoms with Gasteiger partial charge in [0.05, 0.1) is 39.0 Å². The van der Waals surface area contributed by atoms with E-state index in [1.165, 1.54) is 93.1 Å². The molecule has 0 aliphatic heterocycles. The highest BCUT2D eigenvalue weighted by atomic mass is 79.9. The molecule has 10 heterocycles. The second-order valence-electron chi connectivity index (χ2n) is 10.7. The van der Waals surface area contributed by atoms with Crippen LogP contribution in [0.2, 0.25) is 0 Å². The van der Waals surface area contributed by atoms with E-state index in [0.29, 0.717) is 0 Å². The molecule has 0 unspecified atom stereocenters. The van der Waals surface area contributed by atoms with Crippen molar-refractivity contribution in [2.24, 2.45) is 0 Å². The van der Waals surface area contributed by atoms with Gasteiger partial charge in [0.15, 0.2) is 0 Å². The van der Waals surface area contributed by atoms with Crippen molar-refractivity contribution in [1.82, 2.24) is 0 Å². The lowest BCUT2D eigenvalue weighted by atomic mass is 10.2. The number of thiophene rings is 10. The molecule has 0 atom stereocenters. The van der Waals surface area contributed by atoms with Gasteiger partial charge in [-0.15, -0.1) is 113 Å². The van der Waals surface area contributed by atoms with Crippen LogP contribution in [0.15, 0.2) is 76.9 Å². The summed E-state index contributed by atoms with van der Waals surface area (Å²) in [6.45, 7) is 30.8. The standard InChI is InChI=1S/C8H7BrS2.3C7H5BrS2.C6H3BrS2.5C2H6/c1-4-3-10-8-6(4)5(2)7(9)11-8;1-4-3-9-7-5(4)2-6(8)10-7;1-4-2-5-3-6(8)10-7(5)9-4;1-4-5-2-3-9-7(5)10-6(4)8;7-5-3-4-1-2-8-6(4)9-5;5*1-2/h3H,1-2H3;3*2-3H,1H3;1-3H;5*1-2H3. The fourth-order valence-electron chi connectivity index (χ4n) is 4.70. The molecule has 0 fully saturated rings. The summed E-state index contributed by atoms with van der Waals surface area (Å²) < 4.78 is 13.3. The average Bonchev–Trinajstić information content (AvgIpc) is 4.13. The topological polar surface area (TPSA) is 0 Å². The monoisotopic (exact) mass is 1310 g/mol. The van der Waals surface area contributed by atoms with E-state index in [-0.39, 0.29) is 0 Å². The van der Waals surface area contributed by atoms with Crippen LogP contribution in [0.3, 0.4) is 0 Å². The highest BCUT2D eigenvalue weighted by Crippen LogP contribution is 2.41. The maximum absolute atomic E-state index is 3.55. The van der Waals surface area contributed by atoms with Crippen molar-refractivity contribution in [3.05, 3.63) is 104 Å². The average molecular weight is 1320 g/mol. The summed E-state index contributed by atoms with van der Waals surface area (Å²) in [6, 6.07) is 13.0. The molecule has 0 bridgehead atoms. The van der Waals surface area contributed by atoms with Gasteiger partial charge in [0, 0.05) is 31.8 Å². The first-order chi connectivity index (χ1) is 28.9. The van der Waals surface area contributed by atoms with E-state index in [1.54, 1.807) is 22.7 Å². The molecule has 10 aromatic heterocycles. The Morgan fingerprint density at radius 2 is 0.850 bits per heavy atom. The molecule has 0 saturated heterocycles. The number of fused-ring (bicyclic) bond motifs is 5. The Balaban J connectivity index is 0.000000356. The van der Waals surface area contributed by atoms with Crippen molar-refractivity contribution in [1.29, 1.82) is 0 Å². The molecule has 0 nitrogen and oxygen atoms in total. The van der Waals surface area contributed by atoms with E-state index in [0.717, 1.165) is 0 Å². The first-order valence-corrected chi connectivity index (χ1v) is 31.9. The molecule has 0 N–H and O–H groups in total. The molecule has 0 aliphatic carbocycles. The highest BCUT2D eigenvalue weighted by molar-refractivity contribution is 9.12. The SMILES string of the molecule is Brc1cc2ccsc2s1.CC.CC.CC.CC.CC.Cc1c(Br)sc2sccc12.Cc1cc2cc(Br)sc2s1.Cc1csc2sc(Br)c(C)c12.Cc1csc2sc(Br)cc12. The van der Waals surface area contributed by atoms with Crippen LogP contribution in [0.5, 0.6) is 0 Å². The molecule has 0 saturated carbocycles. The maximum Gasteiger partial charge on any atom is 0.0882 e. The van der Waals surface area contributed by atoms with Gasteiger partial charge in [-0.3, -0.25) is 0 Å². The molecule has 10 aromatic rings. The third-order valence-corrected chi connectivity index (χ3v) is 22.2. The van der Waals surface area contributed by atoms with Crippen LogP contribution in [0.25, 0.3) is 47.0 Å². The van der Waals surface area contributed by atoms with Crippen molar-refractivity contribution in [3.8, 4) is 0 Å². The minimum Gasteiger partial charge on any atom is -0.133 e. The molecular formula is C45H55Br5S10. The third kappa shape index (κ3) is 17.2. The quantitative estimate of drug-likeness (QED) is 0.142. The highest BCUT2D eigenvalue weighted by Gasteiger charge is 2.09. The van der Waals surface area contributed by atoms with Crippen molar-refractivity contribution in [2.45, 2.75) is 104 Å². The zero-order chi connectivity index (χ0) is 45.7. The minimum atomic E-state index is 1.23. The predicted molar refractivity (Wildman–Crippen MR) is 317 cm³/mol. The van der Waals surface area contributed by atoms with Gasteiger partial charge in [-0.25, -0.2) is 0 Å². The van der Waals surface area contributed by atoms with Gasteiger partial charge in [0.1, 0.15) is 0 Å². The number of aryl methyl sites for hydroxylation is 5. The molecule has 15 heteroatoms. The van der Waals surface area contributed by atoms with Gasteiger partial charge in [0.25, 0.3) is 0 Å². The van der Waals surface area contributed by atoms with Gasteiger partial charge in [-0.05, 0) is 194 Å². The van der Waals surface area contributed by atoms with Gasteiger partial charge in [-0.1, -0.05) is 69.2 Å². The second-order valence-corrected chi connectivity index (χ2v) is 28.9. The first-order valence-electron chi connectivity index (χ1n) is 19.5. The van der Waals surface area contributed by atoms with E-state index in [1.807, 2.05) is 160 Å². The summed E-state index contributed by atoms with van der Waals surface area (Å²) in [5.41, 5.74) is 5.57. The summed E-state index contributed by atoms with van der Waals surface area (Å²) in [5.74, 6) is 0. The molecule has 0 aromatic carbocycles.